The molecule has 2 aromatic rings. The first-order valence-corrected chi connectivity index (χ1v) is 6.22. The third-order valence-electron chi connectivity index (χ3n) is 2.88. The summed E-state index contributed by atoms with van der Waals surface area (Å²) in [4.78, 5) is 0. The number of methoxy groups -OCH3 is 1. The highest BCUT2D eigenvalue weighted by Gasteiger charge is 2.11. The van der Waals surface area contributed by atoms with Crippen molar-refractivity contribution in [3.63, 3.8) is 0 Å². The molecule has 0 aliphatic carbocycles. The zero-order chi connectivity index (χ0) is 13.7. The van der Waals surface area contributed by atoms with E-state index in [1.54, 1.807) is 7.11 Å². The normalized spacial score (nSPS) is 10.0. The van der Waals surface area contributed by atoms with Crippen LogP contribution in [0, 0.1) is 0 Å². The third-order valence-corrected chi connectivity index (χ3v) is 2.88. The Bertz CT molecular complexity index is 559. The van der Waals surface area contributed by atoms with Crippen molar-refractivity contribution in [1.29, 1.82) is 0 Å². The molecule has 0 saturated carbocycles. The van der Waals surface area contributed by atoms with Crippen molar-refractivity contribution in [2.75, 3.05) is 7.11 Å². The maximum absolute atomic E-state index is 5.92. The molecule has 0 radical (unpaired) electrons. The molecule has 0 bridgehead atoms. The van der Waals surface area contributed by atoms with Gasteiger partial charge in [0, 0.05) is 5.56 Å². The summed E-state index contributed by atoms with van der Waals surface area (Å²) in [5, 5.41) is 0. The summed E-state index contributed by atoms with van der Waals surface area (Å²) < 4.78 is 11.3. The van der Waals surface area contributed by atoms with E-state index in [0.717, 1.165) is 28.2 Å². The van der Waals surface area contributed by atoms with Gasteiger partial charge < -0.3 is 9.47 Å². The Morgan fingerprint density at radius 2 is 1.79 bits per heavy atom. The molecule has 2 nitrogen and oxygen atoms in total. The molecule has 98 valence electrons. The molecule has 0 aliphatic heterocycles. The largest absolute Gasteiger partial charge is 0.493 e. The average molecular weight is 254 g/mol. The van der Waals surface area contributed by atoms with Gasteiger partial charge in [0.05, 0.1) is 7.11 Å². The van der Waals surface area contributed by atoms with Crippen LogP contribution in [0.2, 0.25) is 0 Å². The molecule has 0 fully saturated rings. The van der Waals surface area contributed by atoms with Crippen molar-refractivity contribution in [2.45, 2.75) is 13.5 Å². The summed E-state index contributed by atoms with van der Waals surface area (Å²) in [7, 11) is 1.65. The van der Waals surface area contributed by atoms with Crippen molar-refractivity contribution < 1.29 is 9.47 Å². The molecule has 0 aromatic heterocycles. The molecule has 0 saturated heterocycles. The number of allylic oxidation sites excluding steroid dienone is 1. The molecule has 0 N–H and O–H groups in total. The first-order chi connectivity index (χ1) is 9.22. The topological polar surface area (TPSA) is 18.5 Å². The minimum absolute atomic E-state index is 0.515. The first-order valence-electron chi connectivity index (χ1n) is 6.22. The monoisotopic (exact) mass is 254 g/mol. The summed E-state index contributed by atoms with van der Waals surface area (Å²) in [6.07, 6.45) is 0. The lowest BCUT2D eigenvalue weighted by Gasteiger charge is -2.15. The summed E-state index contributed by atoms with van der Waals surface area (Å²) in [5.74, 6) is 1.48. The molecule has 2 rings (SSSR count). The molecule has 2 aromatic carbocycles. The van der Waals surface area contributed by atoms with Gasteiger partial charge in [0.25, 0.3) is 0 Å². The number of hydrogen-bond donors (Lipinski definition) is 0. The van der Waals surface area contributed by atoms with Gasteiger partial charge in [-0.25, -0.2) is 0 Å². The van der Waals surface area contributed by atoms with Crippen LogP contribution in [0.5, 0.6) is 11.5 Å². The number of rotatable bonds is 5. The zero-order valence-corrected chi connectivity index (χ0v) is 11.3. The molecule has 0 spiro atoms. The molecule has 2 heteroatoms. The van der Waals surface area contributed by atoms with Crippen LogP contribution in [0.4, 0.5) is 0 Å². The fraction of sp³-hybridized carbons (Fsp3) is 0.176. The van der Waals surface area contributed by atoms with Crippen LogP contribution < -0.4 is 9.47 Å². The zero-order valence-electron chi connectivity index (χ0n) is 11.3. The summed E-state index contributed by atoms with van der Waals surface area (Å²) in [6.45, 7) is 6.46. The van der Waals surface area contributed by atoms with Gasteiger partial charge in [-0.15, -0.1) is 0 Å². The van der Waals surface area contributed by atoms with Crippen LogP contribution >= 0.6 is 0 Å². The van der Waals surface area contributed by atoms with Gasteiger partial charge in [-0.2, -0.15) is 0 Å². The van der Waals surface area contributed by atoms with Crippen LogP contribution in [0.15, 0.2) is 55.1 Å². The molecular weight excluding hydrogens is 236 g/mol. The minimum atomic E-state index is 0.515. The van der Waals surface area contributed by atoms with Gasteiger partial charge in [0.15, 0.2) is 11.5 Å². The summed E-state index contributed by atoms with van der Waals surface area (Å²) >= 11 is 0. The van der Waals surface area contributed by atoms with Crippen LogP contribution in [-0.4, -0.2) is 7.11 Å². The average Bonchev–Trinajstić information content (AvgIpc) is 2.45. The second-order valence-electron chi connectivity index (χ2n) is 4.39. The van der Waals surface area contributed by atoms with Crippen molar-refractivity contribution in [3.8, 4) is 11.5 Å². The van der Waals surface area contributed by atoms with Gasteiger partial charge in [0.2, 0.25) is 0 Å². The Morgan fingerprint density at radius 3 is 2.42 bits per heavy atom. The van der Waals surface area contributed by atoms with Crippen LogP contribution in [-0.2, 0) is 6.61 Å². The van der Waals surface area contributed by atoms with Gasteiger partial charge in [-0.3, -0.25) is 0 Å². The van der Waals surface area contributed by atoms with E-state index in [1.165, 1.54) is 0 Å². The standard InChI is InChI=1S/C17H18O2/c1-13(2)15-10-7-11-16(18-3)17(15)19-12-14-8-5-4-6-9-14/h4-11H,1,12H2,2-3H3. The van der Waals surface area contributed by atoms with E-state index >= 15 is 0 Å². The number of hydrogen-bond acceptors (Lipinski definition) is 2. The van der Waals surface area contributed by atoms with E-state index in [4.69, 9.17) is 9.47 Å². The van der Waals surface area contributed by atoms with Crippen molar-refractivity contribution in [3.05, 3.63) is 66.2 Å². The lowest BCUT2D eigenvalue weighted by Crippen LogP contribution is -2.00. The number of benzene rings is 2. The maximum atomic E-state index is 5.92. The van der Waals surface area contributed by atoms with E-state index in [9.17, 15) is 0 Å². The molecule has 0 heterocycles. The van der Waals surface area contributed by atoms with Crippen molar-refractivity contribution in [1.82, 2.24) is 0 Å². The Hall–Kier alpha value is -2.22. The smallest absolute Gasteiger partial charge is 0.169 e. The second-order valence-corrected chi connectivity index (χ2v) is 4.39. The van der Waals surface area contributed by atoms with Gasteiger partial charge in [-0.1, -0.05) is 49.0 Å². The highest BCUT2D eigenvalue weighted by molar-refractivity contribution is 5.70. The minimum Gasteiger partial charge on any atom is -0.493 e. The third kappa shape index (κ3) is 3.16. The quantitative estimate of drug-likeness (QED) is 0.791. The molecule has 0 amide bonds. The molecular formula is C17H18O2. The van der Waals surface area contributed by atoms with E-state index in [-0.39, 0.29) is 0 Å². The highest BCUT2D eigenvalue weighted by Crippen LogP contribution is 2.35. The molecule has 0 atom stereocenters. The van der Waals surface area contributed by atoms with Gasteiger partial charge in [-0.05, 0) is 24.1 Å². The lowest BCUT2D eigenvalue weighted by molar-refractivity contribution is 0.283. The molecule has 0 unspecified atom stereocenters. The van der Waals surface area contributed by atoms with Crippen molar-refractivity contribution in [2.24, 2.45) is 0 Å². The van der Waals surface area contributed by atoms with Crippen molar-refractivity contribution >= 4 is 5.57 Å². The van der Waals surface area contributed by atoms with E-state index in [2.05, 4.69) is 6.58 Å². The predicted molar refractivity (Wildman–Crippen MR) is 78.5 cm³/mol. The SMILES string of the molecule is C=C(C)c1cccc(OC)c1OCc1ccccc1. The van der Waals surface area contributed by atoms with Gasteiger partial charge in [0.1, 0.15) is 6.61 Å². The van der Waals surface area contributed by atoms with E-state index in [0.29, 0.717) is 6.61 Å². The first kappa shape index (κ1) is 13.2. The summed E-state index contributed by atoms with van der Waals surface area (Å²) in [5.41, 5.74) is 3.07. The van der Waals surface area contributed by atoms with Crippen LogP contribution in [0.1, 0.15) is 18.1 Å². The number of para-hydroxylation sites is 1. The highest BCUT2D eigenvalue weighted by atomic mass is 16.5. The summed E-state index contributed by atoms with van der Waals surface area (Å²) in [6, 6.07) is 15.9. The van der Waals surface area contributed by atoms with Crippen LogP contribution in [0.25, 0.3) is 5.57 Å². The Kier molecular flexibility index (Phi) is 4.24. The molecule has 19 heavy (non-hydrogen) atoms. The second kappa shape index (κ2) is 6.10. The Morgan fingerprint density at radius 1 is 1.05 bits per heavy atom. The Balaban J connectivity index is 2.25. The fourth-order valence-corrected chi connectivity index (χ4v) is 1.89. The number of ether oxygens (including phenoxy) is 2. The van der Waals surface area contributed by atoms with E-state index < -0.39 is 0 Å². The predicted octanol–water partition coefficient (Wildman–Crippen LogP) is 4.31. The van der Waals surface area contributed by atoms with Crippen LogP contribution in [0.3, 0.4) is 0 Å². The lowest BCUT2D eigenvalue weighted by atomic mass is 10.1. The fourth-order valence-electron chi connectivity index (χ4n) is 1.89. The van der Waals surface area contributed by atoms with E-state index in [1.807, 2.05) is 55.5 Å². The Labute approximate surface area is 114 Å². The molecule has 0 aliphatic rings. The maximum Gasteiger partial charge on any atom is 0.169 e. The van der Waals surface area contributed by atoms with Gasteiger partial charge >= 0.3 is 0 Å².